The number of halogens is 1. The quantitative estimate of drug-likeness (QED) is 0.736. The molecule has 6 heteroatoms. The van der Waals surface area contributed by atoms with Gasteiger partial charge < -0.3 is 14.4 Å². The molecule has 2 aromatic carbocycles. The summed E-state index contributed by atoms with van der Waals surface area (Å²) in [4.78, 5) is 25.3. The van der Waals surface area contributed by atoms with Gasteiger partial charge in [-0.3, -0.25) is 9.59 Å². The Morgan fingerprint density at radius 2 is 2.08 bits per heavy atom. The molecule has 0 aromatic heterocycles. The van der Waals surface area contributed by atoms with E-state index in [2.05, 4.69) is 15.9 Å². The van der Waals surface area contributed by atoms with Crippen molar-refractivity contribution >= 4 is 33.8 Å². The SMILES string of the molecule is COc1cc(Br)c(C=O)cc1OCC(=O)N1CCc2ccccc21. The maximum Gasteiger partial charge on any atom is 0.264 e. The Morgan fingerprint density at radius 3 is 2.83 bits per heavy atom. The van der Waals surface area contributed by atoms with Crippen LogP contribution in [0.25, 0.3) is 0 Å². The summed E-state index contributed by atoms with van der Waals surface area (Å²) in [5.74, 6) is 0.698. The van der Waals surface area contributed by atoms with Crippen molar-refractivity contribution < 1.29 is 19.1 Å². The number of nitrogens with zero attached hydrogens (tertiary/aromatic N) is 1. The Bertz CT molecular complexity index is 791. The normalized spacial score (nSPS) is 12.7. The molecule has 1 aliphatic heterocycles. The van der Waals surface area contributed by atoms with Crippen molar-refractivity contribution in [3.63, 3.8) is 0 Å². The average molecular weight is 390 g/mol. The number of carbonyl (C=O) groups is 2. The van der Waals surface area contributed by atoms with Gasteiger partial charge in [-0.15, -0.1) is 0 Å². The molecular formula is C18H16BrNO4. The van der Waals surface area contributed by atoms with Crippen LogP contribution in [0.3, 0.4) is 0 Å². The highest BCUT2D eigenvalue weighted by Crippen LogP contribution is 2.33. The van der Waals surface area contributed by atoms with E-state index >= 15 is 0 Å². The molecule has 5 nitrogen and oxygen atoms in total. The highest BCUT2D eigenvalue weighted by atomic mass is 79.9. The fourth-order valence-electron chi connectivity index (χ4n) is 2.73. The van der Waals surface area contributed by atoms with Gasteiger partial charge in [0.25, 0.3) is 5.91 Å². The monoisotopic (exact) mass is 389 g/mol. The summed E-state index contributed by atoms with van der Waals surface area (Å²) in [6, 6.07) is 11.1. The smallest absolute Gasteiger partial charge is 0.264 e. The Kier molecular flexibility index (Phi) is 4.85. The summed E-state index contributed by atoms with van der Waals surface area (Å²) in [6.07, 6.45) is 1.56. The van der Waals surface area contributed by atoms with Gasteiger partial charge in [-0.05, 0) is 46.1 Å². The van der Waals surface area contributed by atoms with E-state index in [9.17, 15) is 9.59 Å². The molecule has 1 heterocycles. The third-order valence-corrected chi connectivity index (χ3v) is 4.64. The van der Waals surface area contributed by atoms with E-state index in [1.54, 1.807) is 17.0 Å². The van der Waals surface area contributed by atoms with Crippen LogP contribution < -0.4 is 14.4 Å². The number of hydrogen-bond donors (Lipinski definition) is 0. The van der Waals surface area contributed by atoms with Crippen LogP contribution in [-0.2, 0) is 11.2 Å². The molecule has 0 aliphatic carbocycles. The molecule has 0 N–H and O–H groups in total. The zero-order chi connectivity index (χ0) is 17.1. The van der Waals surface area contributed by atoms with Crippen LogP contribution in [0.2, 0.25) is 0 Å². The predicted octanol–water partition coefficient (Wildman–Crippen LogP) is 3.24. The van der Waals surface area contributed by atoms with E-state index in [0.29, 0.717) is 28.1 Å². The summed E-state index contributed by atoms with van der Waals surface area (Å²) in [5, 5.41) is 0. The van der Waals surface area contributed by atoms with Crippen molar-refractivity contribution in [1.29, 1.82) is 0 Å². The van der Waals surface area contributed by atoms with Gasteiger partial charge in [-0.25, -0.2) is 0 Å². The third kappa shape index (κ3) is 3.14. The molecule has 0 fully saturated rings. The van der Waals surface area contributed by atoms with Crippen LogP contribution in [0.4, 0.5) is 5.69 Å². The van der Waals surface area contributed by atoms with Crippen molar-refractivity contribution in [3.8, 4) is 11.5 Å². The number of para-hydroxylation sites is 1. The fourth-order valence-corrected chi connectivity index (χ4v) is 3.14. The number of amides is 1. The Labute approximate surface area is 148 Å². The second-order valence-corrected chi connectivity index (χ2v) is 6.21. The van der Waals surface area contributed by atoms with E-state index in [1.807, 2.05) is 24.3 Å². The molecule has 0 unspecified atom stereocenters. The highest BCUT2D eigenvalue weighted by Gasteiger charge is 2.24. The van der Waals surface area contributed by atoms with Gasteiger partial charge in [0.15, 0.2) is 24.4 Å². The summed E-state index contributed by atoms with van der Waals surface area (Å²) in [5.41, 5.74) is 2.53. The van der Waals surface area contributed by atoms with Gasteiger partial charge in [0.2, 0.25) is 0 Å². The van der Waals surface area contributed by atoms with Crippen LogP contribution in [0.1, 0.15) is 15.9 Å². The molecule has 0 saturated heterocycles. The Hall–Kier alpha value is -2.34. The second-order valence-electron chi connectivity index (χ2n) is 5.36. The lowest BCUT2D eigenvalue weighted by molar-refractivity contribution is -0.120. The standard InChI is InChI=1S/C18H16BrNO4/c1-23-16-9-14(19)13(10-21)8-17(16)24-11-18(22)20-7-6-12-4-2-3-5-15(12)20/h2-5,8-10H,6-7,11H2,1H3. The van der Waals surface area contributed by atoms with Crippen molar-refractivity contribution in [1.82, 2.24) is 0 Å². The molecule has 124 valence electrons. The highest BCUT2D eigenvalue weighted by molar-refractivity contribution is 9.10. The molecule has 0 spiro atoms. The zero-order valence-corrected chi connectivity index (χ0v) is 14.7. The van der Waals surface area contributed by atoms with Crippen LogP contribution in [0.5, 0.6) is 11.5 Å². The molecule has 0 radical (unpaired) electrons. The number of anilines is 1. The largest absolute Gasteiger partial charge is 0.493 e. The molecule has 3 rings (SSSR count). The first-order valence-electron chi connectivity index (χ1n) is 7.48. The number of fused-ring (bicyclic) bond motifs is 1. The Morgan fingerprint density at radius 1 is 1.29 bits per heavy atom. The number of aldehydes is 1. The van der Waals surface area contributed by atoms with Gasteiger partial charge in [0.05, 0.1) is 7.11 Å². The topological polar surface area (TPSA) is 55.8 Å². The number of methoxy groups -OCH3 is 1. The van der Waals surface area contributed by atoms with Gasteiger partial charge in [0.1, 0.15) is 0 Å². The zero-order valence-electron chi connectivity index (χ0n) is 13.1. The molecule has 2 aromatic rings. The van der Waals surface area contributed by atoms with E-state index in [0.717, 1.165) is 24.0 Å². The minimum absolute atomic E-state index is 0.120. The van der Waals surface area contributed by atoms with Gasteiger partial charge >= 0.3 is 0 Å². The maximum absolute atomic E-state index is 12.5. The number of rotatable bonds is 5. The van der Waals surface area contributed by atoms with Gasteiger partial charge in [0, 0.05) is 22.3 Å². The molecule has 24 heavy (non-hydrogen) atoms. The maximum atomic E-state index is 12.5. The molecule has 0 bridgehead atoms. The summed E-state index contributed by atoms with van der Waals surface area (Å²) in [6.45, 7) is 0.531. The first kappa shape index (κ1) is 16.5. The van der Waals surface area contributed by atoms with Crippen LogP contribution in [0.15, 0.2) is 40.9 Å². The summed E-state index contributed by atoms with van der Waals surface area (Å²) in [7, 11) is 1.51. The first-order chi connectivity index (χ1) is 11.6. The lowest BCUT2D eigenvalue weighted by Crippen LogP contribution is -2.33. The van der Waals surface area contributed by atoms with Gasteiger partial charge in [-0.2, -0.15) is 0 Å². The van der Waals surface area contributed by atoms with Crippen molar-refractivity contribution in [2.45, 2.75) is 6.42 Å². The van der Waals surface area contributed by atoms with Crippen LogP contribution in [0, 0.1) is 0 Å². The lowest BCUT2D eigenvalue weighted by atomic mass is 10.2. The predicted molar refractivity (Wildman–Crippen MR) is 94.1 cm³/mol. The van der Waals surface area contributed by atoms with E-state index < -0.39 is 0 Å². The third-order valence-electron chi connectivity index (χ3n) is 3.95. The summed E-state index contributed by atoms with van der Waals surface area (Å²) < 4.78 is 11.5. The van der Waals surface area contributed by atoms with E-state index in [4.69, 9.17) is 9.47 Å². The van der Waals surface area contributed by atoms with Crippen molar-refractivity contribution in [3.05, 3.63) is 52.0 Å². The number of hydrogen-bond acceptors (Lipinski definition) is 4. The number of benzene rings is 2. The molecule has 0 saturated carbocycles. The molecule has 1 amide bonds. The number of ether oxygens (including phenoxy) is 2. The van der Waals surface area contributed by atoms with Crippen molar-refractivity contribution in [2.75, 3.05) is 25.2 Å². The fraction of sp³-hybridized carbons (Fsp3) is 0.222. The molecule has 1 aliphatic rings. The lowest BCUT2D eigenvalue weighted by Gasteiger charge is -2.18. The Balaban J connectivity index is 1.74. The van der Waals surface area contributed by atoms with Gasteiger partial charge in [-0.1, -0.05) is 18.2 Å². The van der Waals surface area contributed by atoms with Crippen LogP contribution >= 0.6 is 15.9 Å². The summed E-state index contributed by atoms with van der Waals surface area (Å²) >= 11 is 3.29. The second kappa shape index (κ2) is 7.05. The minimum Gasteiger partial charge on any atom is -0.493 e. The van der Waals surface area contributed by atoms with Crippen LogP contribution in [-0.4, -0.2) is 32.5 Å². The number of carbonyl (C=O) groups excluding carboxylic acids is 2. The van der Waals surface area contributed by atoms with Crippen molar-refractivity contribution in [2.24, 2.45) is 0 Å². The van der Waals surface area contributed by atoms with E-state index in [1.165, 1.54) is 7.11 Å². The molecule has 0 atom stereocenters. The molecular weight excluding hydrogens is 374 g/mol. The van der Waals surface area contributed by atoms with E-state index in [-0.39, 0.29) is 12.5 Å². The minimum atomic E-state index is -0.127. The first-order valence-corrected chi connectivity index (χ1v) is 8.27. The average Bonchev–Trinajstić information content (AvgIpc) is 3.04.